The van der Waals surface area contributed by atoms with E-state index in [1.807, 2.05) is 0 Å². The zero-order valence-corrected chi connectivity index (χ0v) is 12.6. The zero-order chi connectivity index (χ0) is 14.2. The highest BCUT2D eigenvalue weighted by molar-refractivity contribution is 6.30. The molecule has 0 aliphatic heterocycles. The first kappa shape index (κ1) is 15.7. The summed E-state index contributed by atoms with van der Waals surface area (Å²) in [6.07, 6.45) is 7.93. The second-order valence-corrected chi connectivity index (χ2v) is 5.82. The molecule has 0 radical (unpaired) electrons. The molecule has 1 aromatic rings. The summed E-state index contributed by atoms with van der Waals surface area (Å²) in [5.41, 5.74) is 1.00. The molecule has 1 aromatic carbocycles. The Morgan fingerprint density at radius 3 is 2.80 bits per heavy atom. The Labute approximate surface area is 125 Å². The van der Waals surface area contributed by atoms with Gasteiger partial charge in [0.2, 0.25) is 0 Å². The standard InChI is InChI=1S/C16H23ClFNO/c17-15-11-13(7-8-16(15)18)12-19-9-4-10-20-14-5-2-1-3-6-14/h7-8,11,14,19H,1-6,9-10,12H2. The average Bonchev–Trinajstić information content (AvgIpc) is 2.47. The number of benzene rings is 1. The Morgan fingerprint density at radius 2 is 2.05 bits per heavy atom. The van der Waals surface area contributed by atoms with Crippen molar-refractivity contribution in [2.24, 2.45) is 0 Å². The first-order valence-corrected chi connectivity index (χ1v) is 7.90. The number of hydrogen-bond donors (Lipinski definition) is 1. The van der Waals surface area contributed by atoms with E-state index in [1.165, 1.54) is 38.2 Å². The van der Waals surface area contributed by atoms with Crippen molar-refractivity contribution in [1.82, 2.24) is 5.32 Å². The molecule has 0 spiro atoms. The Bertz CT molecular complexity index is 407. The van der Waals surface area contributed by atoms with Crippen LogP contribution in [0.2, 0.25) is 5.02 Å². The lowest BCUT2D eigenvalue weighted by molar-refractivity contribution is 0.0273. The first-order valence-electron chi connectivity index (χ1n) is 7.52. The fourth-order valence-electron chi connectivity index (χ4n) is 2.56. The van der Waals surface area contributed by atoms with E-state index in [1.54, 1.807) is 12.1 Å². The minimum Gasteiger partial charge on any atom is -0.378 e. The number of nitrogens with one attached hydrogen (secondary N) is 1. The van der Waals surface area contributed by atoms with E-state index in [0.717, 1.165) is 25.1 Å². The second-order valence-electron chi connectivity index (χ2n) is 5.41. The molecule has 2 nitrogen and oxygen atoms in total. The summed E-state index contributed by atoms with van der Waals surface area (Å²) in [7, 11) is 0. The van der Waals surface area contributed by atoms with Crippen molar-refractivity contribution in [1.29, 1.82) is 0 Å². The molecule has 0 atom stereocenters. The van der Waals surface area contributed by atoms with Crippen LogP contribution in [0.3, 0.4) is 0 Å². The molecule has 0 heterocycles. The maximum absolute atomic E-state index is 13.0. The van der Waals surface area contributed by atoms with Gasteiger partial charge in [-0.15, -0.1) is 0 Å². The van der Waals surface area contributed by atoms with Gasteiger partial charge in [-0.05, 0) is 43.5 Å². The van der Waals surface area contributed by atoms with Crippen LogP contribution in [0.5, 0.6) is 0 Å². The van der Waals surface area contributed by atoms with Crippen LogP contribution in [0, 0.1) is 5.82 Å². The van der Waals surface area contributed by atoms with Gasteiger partial charge in [-0.1, -0.05) is 36.9 Å². The maximum atomic E-state index is 13.0. The van der Waals surface area contributed by atoms with E-state index in [-0.39, 0.29) is 10.8 Å². The summed E-state index contributed by atoms with van der Waals surface area (Å²) in [6, 6.07) is 4.83. The highest BCUT2D eigenvalue weighted by Gasteiger charge is 2.12. The lowest BCUT2D eigenvalue weighted by Gasteiger charge is -2.21. The minimum absolute atomic E-state index is 0.185. The molecule has 112 valence electrons. The molecule has 0 bridgehead atoms. The van der Waals surface area contributed by atoms with Gasteiger partial charge in [-0.2, -0.15) is 0 Å². The van der Waals surface area contributed by atoms with E-state index >= 15 is 0 Å². The van der Waals surface area contributed by atoms with E-state index in [9.17, 15) is 4.39 Å². The van der Waals surface area contributed by atoms with E-state index < -0.39 is 0 Å². The lowest BCUT2D eigenvalue weighted by Crippen LogP contribution is -2.20. The maximum Gasteiger partial charge on any atom is 0.141 e. The van der Waals surface area contributed by atoms with Crippen LogP contribution in [0.25, 0.3) is 0 Å². The zero-order valence-electron chi connectivity index (χ0n) is 11.8. The molecule has 20 heavy (non-hydrogen) atoms. The van der Waals surface area contributed by atoms with Crippen LogP contribution < -0.4 is 5.32 Å². The molecule has 0 amide bonds. The van der Waals surface area contributed by atoms with Gasteiger partial charge in [0.15, 0.2) is 0 Å². The predicted octanol–water partition coefficient (Wildman–Crippen LogP) is 4.31. The average molecular weight is 300 g/mol. The highest BCUT2D eigenvalue weighted by Crippen LogP contribution is 2.20. The predicted molar refractivity (Wildman–Crippen MR) is 80.6 cm³/mol. The van der Waals surface area contributed by atoms with E-state index in [2.05, 4.69) is 5.32 Å². The van der Waals surface area contributed by atoms with Gasteiger partial charge in [0, 0.05) is 13.2 Å². The van der Waals surface area contributed by atoms with Crippen molar-refractivity contribution in [2.75, 3.05) is 13.2 Å². The van der Waals surface area contributed by atoms with E-state index in [4.69, 9.17) is 16.3 Å². The van der Waals surface area contributed by atoms with Crippen molar-refractivity contribution in [2.45, 2.75) is 51.2 Å². The van der Waals surface area contributed by atoms with Gasteiger partial charge in [-0.25, -0.2) is 4.39 Å². The molecule has 4 heteroatoms. The molecule has 0 aromatic heterocycles. The third-order valence-electron chi connectivity index (χ3n) is 3.72. The molecule has 1 N–H and O–H groups in total. The van der Waals surface area contributed by atoms with Gasteiger partial charge in [0.05, 0.1) is 11.1 Å². The molecule has 0 saturated heterocycles. The first-order chi connectivity index (χ1) is 9.75. The molecular formula is C16H23ClFNO. The molecule has 1 aliphatic rings. The Hall–Kier alpha value is -0.640. The molecule has 2 rings (SSSR count). The van der Waals surface area contributed by atoms with Crippen LogP contribution >= 0.6 is 11.6 Å². The van der Waals surface area contributed by atoms with Crippen molar-refractivity contribution in [3.8, 4) is 0 Å². The molecule has 0 unspecified atom stereocenters. The fourth-order valence-corrected chi connectivity index (χ4v) is 2.76. The van der Waals surface area contributed by atoms with Crippen molar-refractivity contribution in [3.63, 3.8) is 0 Å². The second kappa shape index (κ2) is 8.60. The molecular weight excluding hydrogens is 277 g/mol. The van der Waals surface area contributed by atoms with Gasteiger partial charge >= 0.3 is 0 Å². The lowest BCUT2D eigenvalue weighted by atomic mass is 9.98. The largest absolute Gasteiger partial charge is 0.378 e. The molecule has 1 aliphatic carbocycles. The van der Waals surface area contributed by atoms with Crippen molar-refractivity contribution in [3.05, 3.63) is 34.6 Å². The molecule has 1 saturated carbocycles. The van der Waals surface area contributed by atoms with Crippen LogP contribution in [0.1, 0.15) is 44.1 Å². The Balaban J connectivity index is 1.53. The topological polar surface area (TPSA) is 21.3 Å². The number of ether oxygens (including phenoxy) is 1. The Kier molecular flexibility index (Phi) is 6.77. The summed E-state index contributed by atoms with van der Waals surface area (Å²) in [6.45, 7) is 2.44. The summed E-state index contributed by atoms with van der Waals surface area (Å²) < 4.78 is 18.9. The normalized spacial score (nSPS) is 16.5. The third-order valence-corrected chi connectivity index (χ3v) is 4.01. The van der Waals surface area contributed by atoms with Gasteiger partial charge in [0.1, 0.15) is 5.82 Å². The van der Waals surface area contributed by atoms with Crippen LogP contribution in [-0.2, 0) is 11.3 Å². The van der Waals surface area contributed by atoms with Crippen LogP contribution in [-0.4, -0.2) is 19.3 Å². The van der Waals surface area contributed by atoms with Crippen molar-refractivity contribution >= 4 is 11.6 Å². The molecule has 1 fully saturated rings. The highest BCUT2D eigenvalue weighted by atomic mass is 35.5. The van der Waals surface area contributed by atoms with Gasteiger partial charge < -0.3 is 10.1 Å². The van der Waals surface area contributed by atoms with Crippen LogP contribution in [0.4, 0.5) is 4.39 Å². The SMILES string of the molecule is Fc1ccc(CNCCCOC2CCCCC2)cc1Cl. The smallest absolute Gasteiger partial charge is 0.141 e. The number of rotatable bonds is 7. The number of hydrogen-bond acceptors (Lipinski definition) is 2. The van der Waals surface area contributed by atoms with Gasteiger partial charge in [-0.3, -0.25) is 0 Å². The van der Waals surface area contributed by atoms with Gasteiger partial charge in [0.25, 0.3) is 0 Å². The fraction of sp³-hybridized carbons (Fsp3) is 0.625. The number of halogens is 2. The minimum atomic E-state index is -0.365. The Morgan fingerprint density at radius 1 is 1.25 bits per heavy atom. The summed E-state index contributed by atoms with van der Waals surface area (Å²) in [5, 5.41) is 3.51. The van der Waals surface area contributed by atoms with E-state index in [0.29, 0.717) is 12.6 Å². The third kappa shape index (κ3) is 5.39. The summed E-state index contributed by atoms with van der Waals surface area (Å²) >= 11 is 5.74. The van der Waals surface area contributed by atoms with Crippen LogP contribution in [0.15, 0.2) is 18.2 Å². The van der Waals surface area contributed by atoms with Crippen molar-refractivity contribution < 1.29 is 9.13 Å². The summed E-state index contributed by atoms with van der Waals surface area (Å²) in [5.74, 6) is -0.365. The monoisotopic (exact) mass is 299 g/mol. The quantitative estimate of drug-likeness (QED) is 0.758. The summed E-state index contributed by atoms with van der Waals surface area (Å²) in [4.78, 5) is 0.